The molecule has 2 aromatic heterocycles. The number of rotatable bonds is 2. The van der Waals surface area contributed by atoms with E-state index in [4.69, 9.17) is 29.6 Å². The van der Waals surface area contributed by atoms with Gasteiger partial charge in [-0.25, -0.2) is 4.98 Å². The Balaban J connectivity index is 2.73. The lowest BCUT2D eigenvalue weighted by molar-refractivity contribution is 1.04. The minimum atomic E-state index is 0.461. The molecule has 2 aromatic rings. The summed E-state index contributed by atoms with van der Waals surface area (Å²) in [5, 5.41) is 0.650. The fourth-order valence-electron chi connectivity index (χ4n) is 1.77. The molecule has 0 atom stereocenters. The van der Waals surface area contributed by atoms with Crippen LogP contribution in [0.3, 0.4) is 0 Å². The summed E-state index contributed by atoms with van der Waals surface area (Å²) in [4.78, 5) is 4.88. The van der Waals surface area contributed by atoms with Gasteiger partial charge in [-0.3, -0.25) is 0 Å². The van der Waals surface area contributed by atoms with Crippen LogP contribution in [0.2, 0.25) is 5.02 Å². The summed E-state index contributed by atoms with van der Waals surface area (Å²) in [6.07, 6.45) is 2.54. The molecule has 2 heterocycles. The Bertz CT molecular complexity index is 574. The smallest absolute Gasteiger partial charge is 0.156 e. The number of imidazole rings is 1. The molecule has 0 unspecified atom stereocenters. The van der Waals surface area contributed by atoms with Crippen LogP contribution >= 0.6 is 23.8 Å². The number of nitrogens with two attached hydrogens (primary N) is 1. The summed E-state index contributed by atoms with van der Waals surface area (Å²) in [6, 6.07) is 1.90. The number of halogens is 1. The van der Waals surface area contributed by atoms with Gasteiger partial charge in [0.1, 0.15) is 0 Å². The predicted octanol–water partition coefficient (Wildman–Crippen LogP) is 2.43. The van der Waals surface area contributed by atoms with E-state index in [0.29, 0.717) is 16.4 Å². The van der Waals surface area contributed by atoms with Gasteiger partial charge < -0.3 is 10.1 Å². The van der Waals surface area contributed by atoms with E-state index in [1.165, 1.54) is 0 Å². The molecule has 0 aliphatic rings. The summed E-state index contributed by atoms with van der Waals surface area (Å²) in [6.45, 7) is 3.93. The Labute approximate surface area is 104 Å². The van der Waals surface area contributed by atoms with Gasteiger partial charge in [0.2, 0.25) is 0 Å². The van der Waals surface area contributed by atoms with E-state index < -0.39 is 0 Å². The number of nitrogens with zero attached hydrogens (tertiary/aromatic N) is 2. The molecule has 0 aliphatic heterocycles. The van der Waals surface area contributed by atoms with Crippen LogP contribution < -0.4 is 5.73 Å². The lowest BCUT2D eigenvalue weighted by atomic mass is 10.2. The van der Waals surface area contributed by atoms with Crippen LogP contribution in [0, 0.1) is 13.8 Å². The predicted molar refractivity (Wildman–Crippen MR) is 70.2 cm³/mol. The first-order valence-corrected chi connectivity index (χ1v) is 5.69. The van der Waals surface area contributed by atoms with Gasteiger partial charge in [0.15, 0.2) is 5.65 Å². The van der Waals surface area contributed by atoms with Gasteiger partial charge in [0.25, 0.3) is 0 Å². The number of fused-ring (bicyclic) bond motifs is 1. The second kappa shape index (κ2) is 4.03. The van der Waals surface area contributed by atoms with E-state index in [9.17, 15) is 0 Å². The van der Waals surface area contributed by atoms with Gasteiger partial charge in [-0.15, -0.1) is 0 Å². The lowest BCUT2D eigenvalue weighted by Crippen LogP contribution is -2.13. The largest absolute Gasteiger partial charge is 0.393 e. The van der Waals surface area contributed by atoms with E-state index in [-0.39, 0.29) is 0 Å². The second-order valence-electron chi connectivity index (χ2n) is 3.85. The van der Waals surface area contributed by atoms with Crippen molar-refractivity contribution in [3.63, 3.8) is 0 Å². The average molecular weight is 254 g/mol. The highest BCUT2D eigenvalue weighted by Gasteiger charge is 2.12. The third-order valence-electron chi connectivity index (χ3n) is 2.45. The number of aromatic nitrogens is 2. The van der Waals surface area contributed by atoms with E-state index >= 15 is 0 Å². The van der Waals surface area contributed by atoms with Crippen LogP contribution in [0.25, 0.3) is 5.65 Å². The van der Waals surface area contributed by atoms with Crippen molar-refractivity contribution in [2.45, 2.75) is 20.3 Å². The minimum Gasteiger partial charge on any atom is -0.393 e. The molecule has 0 saturated carbocycles. The van der Waals surface area contributed by atoms with Crippen LogP contribution in [-0.4, -0.2) is 14.4 Å². The number of hydrogen-bond donors (Lipinski definition) is 1. The van der Waals surface area contributed by atoms with Crippen LogP contribution in [0.1, 0.15) is 17.0 Å². The van der Waals surface area contributed by atoms with Gasteiger partial charge in [-0.2, -0.15) is 0 Å². The molecule has 0 bridgehead atoms. The van der Waals surface area contributed by atoms with Crippen LogP contribution in [0.4, 0.5) is 0 Å². The number of hydrogen-bond acceptors (Lipinski definition) is 2. The Morgan fingerprint density at radius 1 is 1.56 bits per heavy atom. The summed E-state index contributed by atoms with van der Waals surface area (Å²) < 4.78 is 1.96. The standard InChI is InChI=1S/C11H12ClN3S/c1-6-3-8(12)11-14-7(2)9(4-10(13)16)15(11)5-6/h3,5H,4H2,1-2H3,(H2,13,16). The van der Waals surface area contributed by atoms with Crippen LogP contribution in [0.15, 0.2) is 12.3 Å². The molecule has 16 heavy (non-hydrogen) atoms. The SMILES string of the molecule is Cc1cc(Cl)c2nc(C)c(CC(N)=S)n2c1. The van der Waals surface area contributed by atoms with Crippen molar-refractivity contribution < 1.29 is 0 Å². The van der Waals surface area contributed by atoms with Gasteiger partial charge in [-0.05, 0) is 25.5 Å². The summed E-state index contributed by atoms with van der Waals surface area (Å²) in [5.74, 6) is 0. The summed E-state index contributed by atoms with van der Waals surface area (Å²) in [7, 11) is 0. The molecule has 5 heteroatoms. The third kappa shape index (κ3) is 1.90. The molecule has 0 aromatic carbocycles. The first kappa shape index (κ1) is 11.4. The van der Waals surface area contributed by atoms with Crippen molar-refractivity contribution in [1.29, 1.82) is 0 Å². The van der Waals surface area contributed by atoms with E-state index in [2.05, 4.69) is 4.98 Å². The monoisotopic (exact) mass is 253 g/mol. The number of aryl methyl sites for hydroxylation is 2. The van der Waals surface area contributed by atoms with Crippen molar-refractivity contribution in [3.05, 3.63) is 34.2 Å². The van der Waals surface area contributed by atoms with Crippen molar-refractivity contribution in [2.75, 3.05) is 0 Å². The maximum Gasteiger partial charge on any atom is 0.156 e. The van der Waals surface area contributed by atoms with E-state index in [1.807, 2.05) is 30.5 Å². The highest BCUT2D eigenvalue weighted by molar-refractivity contribution is 7.80. The zero-order chi connectivity index (χ0) is 11.9. The molecule has 0 amide bonds. The third-order valence-corrected chi connectivity index (χ3v) is 2.88. The zero-order valence-corrected chi connectivity index (χ0v) is 10.7. The molecular formula is C11H12ClN3S. The van der Waals surface area contributed by atoms with Gasteiger partial charge in [0, 0.05) is 12.6 Å². The van der Waals surface area contributed by atoms with Crippen molar-refractivity contribution in [3.8, 4) is 0 Å². The molecule has 0 spiro atoms. The van der Waals surface area contributed by atoms with Gasteiger partial charge in [-0.1, -0.05) is 23.8 Å². The first-order chi connectivity index (χ1) is 7.49. The van der Waals surface area contributed by atoms with Gasteiger partial charge in [0.05, 0.1) is 21.4 Å². The Morgan fingerprint density at radius 2 is 2.25 bits per heavy atom. The highest BCUT2D eigenvalue weighted by Crippen LogP contribution is 2.21. The highest BCUT2D eigenvalue weighted by atomic mass is 35.5. The molecular weight excluding hydrogens is 242 g/mol. The van der Waals surface area contributed by atoms with E-state index in [0.717, 1.165) is 22.6 Å². The second-order valence-corrected chi connectivity index (χ2v) is 4.78. The van der Waals surface area contributed by atoms with Crippen LogP contribution in [-0.2, 0) is 6.42 Å². The van der Waals surface area contributed by atoms with E-state index in [1.54, 1.807) is 0 Å². The quantitative estimate of drug-likeness (QED) is 0.836. The first-order valence-electron chi connectivity index (χ1n) is 4.91. The minimum absolute atomic E-state index is 0.461. The molecule has 2 rings (SSSR count). The van der Waals surface area contributed by atoms with Crippen molar-refractivity contribution >= 4 is 34.5 Å². The Hall–Kier alpha value is -1.13. The normalized spacial score (nSPS) is 10.9. The Morgan fingerprint density at radius 3 is 2.88 bits per heavy atom. The Kier molecular flexibility index (Phi) is 2.86. The topological polar surface area (TPSA) is 43.3 Å². The van der Waals surface area contributed by atoms with Gasteiger partial charge >= 0.3 is 0 Å². The maximum absolute atomic E-state index is 6.14. The molecule has 3 nitrogen and oxygen atoms in total. The number of pyridine rings is 1. The molecule has 0 radical (unpaired) electrons. The fraction of sp³-hybridized carbons (Fsp3) is 0.273. The van der Waals surface area contributed by atoms with Crippen LogP contribution in [0.5, 0.6) is 0 Å². The zero-order valence-electron chi connectivity index (χ0n) is 9.12. The molecule has 0 fully saturated rings. The summed E-state index contributed by atoms with van der Waals surface area (Å²) >= 11 is 11.1. The van der Waals surface area contributed by atoms with Crippen molar-refractivity contribution in [2.24, 2.45) is 5.73 Å². The fourth-order valence-corrected chi connectivity index (χ4v) is 2.21. The lowest BCUT2D eigenvalue weighted by Gasteiger charge is -2.03. The van der Waals surface area contributed by atoms with Crippen molar-refractivity contribution in [1.82, 2.24) is 9.38 Å². The maximum atomic E-state index is 6.14. The molecule has 0 aliphatic carbocycles. The molecule has 0 saturated heterocycles. The molecule has 84 valence electrons. The average Bonchev–Trinajstić information content (AvgIpc) is 2.45. The molecule has 2 N–H and O–H groups in total. The number of thiocarbonyl (C=S) groups is 1. The summed E-state index contributed by atoms with van der Waals surface area (Å²) in [5.41, 5.74) is 9.34.